The lowest BCUT2D eigenvalue weighted by Gasteiger charge is -2.30. The van der Waals surface area contributed by atoms with Gasteiger partial charge in [-0.25, -0.2) is 4.90 Å². The van der Waals surface area contributed by atoms with Crippen LogP contribution in [0.15, 0.2) is 105 Å². The maximum atomic E-state index is 13.9. The van der Waals surface area contributed by atoms with E-state index in [2.05, 4.69) is 26.2 Å². The Kier molecular flexibility index (Phi) is 7.16. The molecule has 0 saturated carbocycles. The van der Waals surface area contributed by atoms with Gasteiger partial charge in [-0.1, -0.05) is 81.5 Å². The second kappa shape index (κ2) is 11.1. The molecule has 0 spiro atoms. The molecule has 8 nitrogen and oxygen atoms in total. The highest BCUT2D eigenvalue weighted by atomic mass is 79.9. The van der Waals surface area contributed by atoms with Crippen molar-refractivity contribution >= 4 is 78.9 Å². The average Bonchev–Trinajstić information content (AvgIpc) is 3.50. The Morgan fingerprint density at radius 1 is 0.907 bits per heavy atom. The fourth-order valence-corrected chi connectivity index (χ4v) is 8.41. The van der Waals surface area contributed by atoms with E-state index in [-0.39, 0.29) is 29.2 Å². The minimum Gasteiger partial charge on any atom is -0.484 e. The van der Waals surface area contributed by atoms with Gasteiger partial charge in [-0.3, -0.25) is 19.2 Å². The van der Waals surface area contributed by atoms with Gasteiger partial charge in [-0.2, -0.15) is 0 Å². The van der Waals surface area contributed by atoms with Crippen LogP contribution >= 0.6 is 39.0 Å². The molecule has 3 heterocycles. The molecule has 7 rings (SSSR count). The van der Waals surface area contributed by atoms with Crippen LogP contribution in [0.3, 0.4) is 0 Å². The number of nitrogens with one attached hydrogen (secondary N) is 2. The third-order valence-electron chi connectivity index (χ3n) is 7.53. The first-order valence-electron chi connectivity index (χ1n) is 13.4. The summed E-state index contributed by atoms with van der Waals surface area (Å²) in [6.07, 6.45) is 0. The van der Waals surface area contributed by atoms with Crippen molar-refractivity contribution in [3.05, 3.63) is 116 Å². The summed E-state index contributed by atoms with van der Waals surface area (Å²) in [5.74, 6) is -1.77. The highest BCUT2D eigenvalue weighted by Crippen LogP contribution is 2.53. The normalized spacial score (nSPS) is 19.3. The maximum Gasteiger partial charge on any atom is 0.305 e. The Hall–Kier alpha value is -4.19. The van der Waals surface area contributed by atoms with Crippen LogP contribution in [0.4, 0.5) is 11.4 Å². The molecule has 2 N–H and O–H groups in total. The molecular weight excluding hydrogens is 650 g/mol. The van der Waals surface area contributed by atoms with Crippen molar-refractivity contribution in [3.63, 3.8) is 0 Å². The average molecular weight is 673 g/mol. The van der Waals surface area contributed by atoms with Gasteiger partial charge < -0.3 is 15.0 Å². The fraction of sp³-hybridized carbons (Fsp3) is 0.125. The van der Waals surface area contributed by atoms with Crippen molar-refractivity contribution in [2.75, 3.05) is 16.8 Å². The third kappa shape index (κ3) is 5.17. The number of rotatable bonds is 6. The summed E-state index contributed by atoms with van der Waals surface area (Å²) in [7, 11) is 0. The van der Waals surface area contributed by atoms with Crippen molar-refractivity contribution < 1.29 is 19.1 Å². The van der Waals surface area contributed by atoms with E-state index in [0.29, 0.717) is 27.0 Å². The minimum atomic E-state index is -0.716. The number of halogens is 1. The fourth-order valence-electron chi connectivity index (χ4n) is 5.63. The zero-order chi connectivity index (χ0) is 29.7. The zero-order valence-corrected chi connectivity index (χ0v) is 25.5. The molecule has 0 radical (unpaired) electrons. The van der Waals surface area contributed by atoms with Gasteiger partial charge in [-0.05, 0) is 64.9 Å². The second-order valence-corrected chi connectivity index (χ2v) is 13.3. The summed E-state index contributed by atoms with van der Waals surface area (Å²) in [6.45, 7) is -0.222. The van der Waals surface area contributed by atoms with Crippen LogP contribution in [0, 0.1) is 5.92 Å². The lowest BCUT2D eigenvalue weighted by molar-refractivity contribution is -0.122. The van der Waals surface area contributed by atoms with Gasteiger partial charge in [0.1, 0.15) is 11.0 Å². The highest BCUT2D eigenvalue weighted by molar-refractivity contribution is 9.10. The molecule has 11 heteroatoms. The van der Waals surface area contributed by atoms with Gasteiger partial charge in [0.25, 0.3) is 5.91 Å². The number of carbonyl (C=O) groups excluding carboxylic acids is 3. The summed E-state index contributed by atoms with van der Waals surface area (Å²) < 4.78 is 6.70. The number of ether oxygens (including phenoxy) is 1. The number of hydrogen-bond acceptors (Lipinski definition) is 7. The van der Waals surface area contributed by atoms with Crippen LogP contribution in [0.1, 0.15) is 16.4 Å². The van der Waals surface area contributed by atoms with E-state index in [9.17, 15) is 19.2 Å². The zero-order valence-electron chi connectivity index (χ0n) is 22.3. The summed E-state index contributed by atoms with van der Waals surface area (Å²) in [5.41, 5.74) is 1.89. The number of anilines is 2. The molecule has 4 aromatic carbocycles. The van der Waals surface area contributed by atoms with Crippen molar-refractivity contribution in [2.24, 2.45) is 5.92 Å². The number of thioether (sulfide) groups is 1. The molecule has 43 heavy (non-hydrogen) atoms. The second-order valence-electron chi connectivity index (χ2n) is 10.2. The Morgan fingerprint density at radius 3 is 2.51 bits per heavy atom. The van der Waals surface area contributed by atoms with Gasteiger partial charge in [0.2, 0.25) is 11.8 Å². The van der Waals surface area contributed by atoms with E-state index >= 15 is 0 Å². The number of thiazole rings is 1. The number of carbonyl (C=O) groups is 3. The van der Waals surface area contributed by atoms with E-state index in [0.717, 1.165) is 32.1 Å². The lowest BCUT2D eigenvalue weighted by atomic mass is 9.83. The van der Waals surface area contributed by atoms with Crippen LogP contribution < -0.4 is 19.8 Å². The van der Waals surface area contributed by atoms with Crippen molar-refractivity contribution in [1.29, 1.82) is 0 Å². The van der Waals surface area contributed by atoms with Crippen LogP contribution in [0.25, 0.3) is 10.8 Å². The molecule has 1 fully saturated rings. The number of benzene rings is 4. The first kappa shape index (κ1) is 27.6. The molecule has 5 aromatic rings. The lowest BCUT2D eigenvalue weighted by Crippen LogP contribution is -2.32. The molecule has 2 aliphatic rings. The number of H-pyrrole nitrogens is 1. The van der Waals surface area contributed by atoms with Gasteiger partial charge in [-0.15, -0.1) is 0 Å². The Morgan fingerprint density at radius 2 is 1.70 bits per heavy atom. The predicted molar refractivity (Wildman–Crippen MR) is 171 cm³/mol. The third-order valence-corrected chi connectivity index (χ3v) is 10.5. The summed E-state index contributed by atoms with van der Waals surface area (Å²) >= 11 is 5.67. The number of imide groups is 1. The maximum absolute atomic E-state index is 13.9. The summed E-state index contributed by atoms with van der Waals surface area (Å²) in [5, 5.41) is 4.86. The summed E-state index contributed by atoms with van der Waals surface area (Å²) in [4.78, 5) is 57.2. The minimum absolute atomic E-state index is 0.222. The number of nitrogens with zero attached hydrogens (tertiary/aromatic N) is 1. The van der Waals surface area contributed by atoms with E-state index in [4.69, 9.17) is 4.74 Å². The predicted octanol–water partition coefficient (Wildman–Crippen LogP) is 6.17. The van der Waals surface area contributed by atoms with Crippen molar-refractivity contribution in [1.82, 2.24) is 4.98 Å². The van der Waals surface area contributed by atoms with Gasteiger partial charge >= 0.3 is 4.87 Å². The molecular formula is C32H22BrN3O5S2. The number of hydrogen-bond donors (Lipinski definition) is 2. The Bertz CT molecular complexity index is 1970. The van der Waals surface area contributed by atoms with Crippen LogP contribution in [-0.2, 0) is 14.4 Å². The molecule has 0 bridgehead atoms. The molecule has 3 amide bonds. The smallest absolute Gasteiger partial charge is 0.305 e. The number of fused-ring (bicyclic) bond motifs is 3. The molecule has 1 aromatic heterocycles. The number of amides is 3. The van der Waals surface area contributed by atoms with E-state index in [1.807, 2.05) is 48.5 Å². The Balaban J connectivity index is 1.14. The van der Waals surface area contributed by atoms with Crippen LogP contribution in [-0.4, -0.2) is 34.6 Å². The molecule has 0 aliphatic carbocycles. The van der Waals surface area contributed by atoms with Crippen LogP contribution in [0.5, 0.6) is 5.75 Å². The molecule has 214 valence electrons. The quantitative estimate of drug-likeness (QED) is 0.209. The number of aromatic nitrogens is 1. The standard InChI is InChI=1S/C32H22BrN3O5S2/c33-20-9-12-22(13-10-20)36-30(38)26-25(27-29(35-32(40)43-27)42-28(26)31(36)39)19-6-3-7-23(15-19)41-16-24(37)34-21-11-8-17-4-1-2-5-18(17)14-21/h1-15,25-26,28H,16H2,(H,34,37)(H,35,40). The van der Waals surface area contributed by atoms with Gasteiger partial charge in [0.05, 0.1) is 16.6 Å². The van der Waals surface area contributed by atoms with E-state index < -0.39 is 17.1 Å². The molecule has 1 saturated heterocycles. The number of aromatic amines is 1. The van der Waals surface area contributed by atoms with Gasteiger partial charge in [0.15, 0.2) is 6.61 Å². The topological polar surface area (TPSA) is 109 Å². The van der Waals surface area contributed by atoms with E-state index in [1.54, 1.807) is 42.5 Å². The highest BCUT2D eigenvalue weighted by Gasteiger charge is 2.56. The molecule has 2 aliphatic heterocycles. The monoisotopic (exact) mass is 671 g/mol. The molecule has 3 unspecified atom stereocenters. The van der Waals surface area contributed by atoms with Gasteiger partial charge in [0, 0.05) is 21.0 Å². The van der Waals surface area contributed by atoms with Crippen LogP contribution in [0.2, 0.25) is 0 Å². The first-order chi connectivity index (χ1) is 20.9. The van der Waals surface area contributed by atoms with Crippen molar-refractivity contribution in [2.45, 2.75) is 16.2 Å². The van der Waals surface area contributed by atoms with E-state index in [1.165, 1.54) is 16.7 Å². The Labute approximate surface area is 262 Å². The first-order valence-corrected chi connectivity index (χ1v) is 15.9. The largest absolute Gasteiger partial charge is 0.484 e. The van der Waals surface area contributed by atoms with Crippen molar-refractivity contribution in [3.8, 4) is 5.75 Å². The molecule has 3 atom stereocenters. The summed E-state index contributed by atoms with van der Waals surface area (Å²) in [6, 6.07) is 27.8. The SMILES string of the molecule is O=C(COc1cccc(C2c3sc(=O)[nH]c3SC3C(=O)N(c4ccc(Br)cc4)C(=O)C32)c1)Nc1ccc2ccccc2c1.